The number of hydroxylamine groups is 1. The first kappa shape index (κ1) is 25.4. The first-order valence-corrected chi connectivity index (χ1v) is 12.1. The second kappa shape index (κ2) is 10.8. The van der Waals surface area contributed by atoms with Crippen molar-refractivity contribution in [2.75, 3.05) is 34.8 Å². The maximum absolute atomic E-state index is 13.2. The van der Waals surface area contributed by atoms with Crippen molar-refractivity contribution in [3.63, 3.8) is 0 Å². The van der Waals surface area contributed by atoms with E-state index in [0.29, 0.717) is 17.1 Å². The highest BCUT2D eigenvalue weighted by molar-refractivity contribution is 7.92. The molecule has 3 aromatic rings. The zero-order valence-electron chi connectivity index (χ0n) is 19.2. The number of sulfonamides is 1. The number of rotatable bonds is 9. The van der Waals surface area contributed by atoms with Gasteiger partial charge in [-0.05, 0) is 37.3 Å². The highest BCUT2D eigenvalue weighted by Crippen LogP contribution is 2.33. The van der Waals surface area contributed by atoms with Crippen molar-refractivity contribution in [1.29, 1.82) is 0 Å². The van der Waals surface area contributed by atoms with Gasteiger partial charge in [-0.1, -0.05) is 5.92 Å². The average molecular weight is 499 g/mol. The fourth-order valence-corrected chi connectivity index (χ4v) is 3.40. The Hall–Kier alpha value is -4.21. The van der Waals surface area contributed by atoms with Crippen LogP contribution >= 0.6 is 0 Å². The molecule has 2 heterocycles. The molecule has 0 saturated heterocycles. The highest BCUT2D eigenvalue weighted by atomic mass is 32.2. The normalized spacial score (nSPS) is 10.8. The van der Waals surface area contributed by atoms with Crippen molar-refractivity contribution in [1.82, 2.24) is 15.4 Å². The number of carbonyl (C=O) groups is 1. The van der Waals surface area contributed by atoms with Gasteiger partial charge in [0.25, 0.3) is 5.91 Å². The molecule has 3 N–H and O–H groups in total. The Labute approximate surface area is 202 Å². The van der Waals surface area contributed by atoms with E-state index in [-0.39, 0.29) is 29.4 Å². The molecule has 2 aromatic heterocycles. The predicted molar refractivity (Wildman–Crippen MR) is 132 cm³/mol. The van der Waals surface area contributed by atoms with Gasteiger partial charge in [0.05, 0.1) is 41.7 Å². The number of terminal acetylenes is 1. The van der Waals surface area contributed by atoms with Gasteiger partial charge in [-0.15, -0.1) is 6.42 Å². The summed E-state index contributed by atoms with van der Waals surface area (Å²) in [6, 6.07) is 8.95. The number of amides is 1. The summed E-state index contributed by atoms with van der Waals surface area (Å²) in [6.45, 7) is 1.95. The number of nitrogens with zero attached hydrogens (tertiary/aromatic N) is 3. The summed E-state index contributed by atoms with van der Waals surface area (Å²) in [7, 11) is -2.24. The van der Waals surface area contributed by atoms with E-state index in [1.54, 1.807) is 19.1 Å². The molecule has 0 radical (unpaired) electrons. The van der Waals surface area contributed by atoms with Crippen LogP contribution in [-0.2, 0) is 14.9 Å². The van der Waals surface area contributed by atoms with Crippen molar-refractivity contribution in [3.05, 3.63) is 65.7 Å². The number of aromatic nitrogens is 2. The average Bonchev–Trinajstić information content (AvgIpc) is 2.83. The lowest BCUT2D eigenvalue weighted by Crippen LogP contribution is -2.26. The van der Waals surface area contributed by atoms with Crippen LogP contribution in [0.3, 0.4) is 0 Å². The summed E-state index contributed by atoms with van der Waals surface area (Å²) in [4.78, 5) is 25.8. The third-order valence-electron chi connectivity index (χ3n) is 4.71. The van der Waals surface area contributed by atoms with Crippen LogP contribution in [0.5, 0.6) is 0 Å². The lowest BCUT2D eigenvalue weighted by atomic mass is 10.1. The zero-order chi connectivity index (χ0) is 25.6. The molecule has 0 bridgehead atoms. The number of hydrogen-bond donors (Lipinski definition) is 3. The summed E-state index contributed by atoms with van der Waals surface area (Å²) < 4.78 is 38.7. The highest BCUT2D eigenvalue weighted by Gasteiger charge is 2.20. The molecule has 35 heavy (non-hydrogen) atoms. The first-order valence-electron chi connectivity index (χ1n) is 10.2. The quantitative estimate of drug-likeness (QED) is 0.304. The first-order chi connectivity index (χ1) is 16.6. The van der Waals surface area contributed by atoms with Gasteiger partial charge in [-0.25, -0.2) is 28.3 Å². The molecule has 0 spiro atoms. The van der Waals surface area contributed by atoms with Crippen LogP contribution in [0.1, 0.15) is 22.8 Å². The molecule has 10 nitrogen and oxygen atoms in total. The van der Waals surface area contributed by atoms with Crippen molar-refractivity contribution >= 4 is 44.6 Å². The number of halogens is 1. The van der Waals surface area contributed by atoms with Crippen LogP contribution < -0.4 is 20.4 Å². The maximum Gasteiger partial charge on any atom is 0.278 e. The fourth-order valence-electron chi connectivity index (χ4n) is 2.89. The van der Waals surface area contributed by atoms with E-state index in [1.165, 1.54) is 37.5 Å². The van der Waals surface area contributed by atoms with Crippen molar-refractivity contribution in [3.8, 4) is 12.3 Å². The second-order valence-corrected chi connectivity index (χ2v) is 9.21. The minimum Gasteiger partial charge on any atom is -0.353 e. The summed E-state index contributed by atoms with van der Waals surface area (Å²) in [6.07, 6.45) is 8.90. The smallest absolute Gasteiger partial charge is 0.278 e. The van der Waals surface area contributed by atoms with Gasteiger partial charge in [0, 0.05) is 24.9 Å². The molecule has 0 fully saturated rings. The lowest BCUT2D eigenvalue weighted by molar-refractivity contribution is 0.0365. The Bertz CT molecular complexity index is 1370. The molecule has 1 amide bonds. The van der Waals surface area contributed by atoms with E-state index in [0.717, 1.165) is 16.8 Å². The molecule has 0 saturated carbocycles. The standard InChI is InChI=1S/C23H23FN6O4S/c1-5-15-7-9-18(20(11-15)30(3)35(4,32)33)27-19-12-22(28-21-10-8-16(24)13-25-21)26-14-17(19)23(31)29-34-6-2/h1,7-14H,6H2,2-4H3,(H,29,31)(H2,25,26,27,28). The fraction of sp³-hybridized carbons (Fsp3) is 0.174. The van der Waals surface area contributed by atoms with Crippen LogP contribution in [0.15, 0.2) is 48.8 Å². The van der Waals surface area contributed by atoms with Crippen LogP contribution in [0, 0.1) is 18.2 Å². The number of pyridine rings is 2. The SMILES string of the molecule is C#Cc1ccc(Nc2cc(Nc3ccc(F)cn3)ncc2C(=O)NOCC)c(N(C)S(C)(=O)=O)c1. The van der Waals surface area contributed by atoms with Gasteiger partial charge in [0.1, 0.15) is 17.5 Å². The molecular formula is C23H23FN6O4S. The second-order valence-electron chi connectivity index (χ2n) is 7.20. The van der Waals surface area contributed by atoms with E-state index in [9.17, 15) is 17.6 Å². The molecule has 1 aromatic carbocycles. The van der Waals surface area contributed by atoms with Crippen LogP contribution in [-0.4, -0.2) is 44.2 Å². The van der Waals surface area contributed by atoms with Crippen LogP contribution in [0.4, 0.5) is 33.1 Å². The van der Waals surface area contributed by atoms with Crippen LogP contribution in [0.25, 0.3) is 0 Å². The molecular weight excluding hydrogens is 475 g/mol. The number of carbonyl (C=O) groups excluding carboxylic acids is 1. The van der Waals surface area contributed by atoms with Gasteiger partial charge in [0.2, 0.25) is 10.0 Å². The maximum atomic E-state index is 13.2. The minimum atomic E-state index is -3.62. The van der Waals surface area contributed by atoms with Gasteiger partial charge in [-0.3, -0.25) is 13.9 Å². The molecule has 0 aliphatic rings. The van der Waals surface area contributed by atoms with E-state index < -0.39 is 21.7 Å². The van der Waals surface area contributed by atoms with Crippen molar-refractivity contribution < 1.29 is 22.4 Å². The minimum absolute atomic E-state index is 0.116. The molecule has 182 valence electrons. The molecule has 3 rings (SSSR count). The van der Waals surface area contributed by atoms with Crippen LogP contribution in [0.2, 0.25) is 0 Å². The Morgan fingerprint density at radius 1 is 1.11 bits per heavy atom. The van der Waals surface area contributed by atoms with E-state index in [4.69, 9.17) is 11.3 Å². The van der Waals surface area contributed by atoms with E-state index in [1.807, 2.05) is 0 Å². The number of nitrogens with one attached hydrogen (secondary N) is 3. The molecule has 0 aliphatic heterocycles. The molecule has 0 atom stereocenters. The number of anilines is 5. The monoisotopic (exact) mass is 498 g/mol. The lowest BCUT2D eigenvalue weighted by Gasteiger charge is -2.22. The zero-order valence-corrected chi connectivity index (χ0v) is 20.0. The topological polar surface area (TPSA) is 126 Å². The van der Waals surface area contributed by atoms with E-state index >= 15 is 0 Å². The molecule has 0 unspecified atom stereocenters. The summed E-state index contributed by atoms with van der Waals surface area (Å²) in [5.41, 5.74) is 3.79. The van der Waals surface area contributed by atoms with E-state index in [2.05, 4.69) is 32.0 Å². The third-order valence-corrected chi connectivity index (χ3v) is 5.90. The summed E-state index contributed by atoms with van der Waals surface area (Å²) in [5, 5.41) is 6.01. The molecule has 0 aliphatic carbocycles. The third kappa shape index (κ3) is 6.44. The van der Waals surface area contributed by atoms with Gasteiger partial charge < -0.3 is 10.6 Å². The van der Waals surface area contributed by atoms with Gasteiger partial charge >= 0.3 is 0 Å². The predicted octanol–water partition coefficient (Wildman–Crippen LogP) is 3.16. The number of benzene rings is 1. The van der Waals surface area contributed by atoms with Gasteiger partial charge in [-0.2, -0.15) is 0 Å². The summed E-state index contributed by atoms with van der Waals surface area (Å²) in [5.74, 6) is 2.02. The van der Waals surface area contributed by atoms with Crippen molar-refractivity contribution in [2.24, 2.45) is 0 Å². The Balaban J connectivity index is 2.06. The largest absolute Gasteiger partial charge is 0.353 e. The molecule has 12 heteroatoms. The Morgan fingerprint density at radius 2 is 1.86 bits per heavy atom. The summed E-state index contributed by atoms with van der Waals surface area (Å²) >= 11 is 0. The Morgan fingerprint density at radius 3 is 2.49 bits per heavy atom. The van der Waals surface area contributed by atoms with Gasteiger partial charge in [0.15, 0.2) is 0 Å². The van der Waals surface area contributed by atoms with Crippen molar-refractivity contribution in [2.45, 2.75) is 6.92 Å². The Kier molecular flexibility index (Phi) is 7.85. The number of hydrogen-bond acceptors (Lipinski definition) is 8.